The molecule has 0 spiro atoms. The Bertz CT molecular complexity index is 474. The highest BCUT2D eigenvalue weighted by molar-refractivity contribution is 6.31. The van der Waals surface area contributed by atoms with Crippen LogP contribution in [0.4, 0.5) is 0 Å². The lowest BCUT2D eigenvalue weighted by molar-refractivity contribution is -0.127. The van der Waals surface area contributed by atoms with Crippen LogP contribution in [0.15, 0.2) is 18.2 Å². The molecule has 0 saturated heterocycles. The van der Waals surface area contributed by atoms with Gasteiger partial charge >= 0.3 is 0 Å². The van der Waals surface area contributed by atoms with Crippen molar-refractivity contribution in [2.75, 3.05) is 6.54 Å². The molecule has 1 amide bonds. The smallest absolute Gasteiger partial charge is 0.260 e. The second-order valence-electron chi connectivity index (χ2n) is 4.25. The predicted octanol–water partition coefficient (Wildman–Crippen LogP) is 2.84. The number of carbonyl (C=O) groups is 2. The van der Waals surface area contributed by atoms with E-state index in [1.807, 2.05) is 6.92 Å². The Balaban J connectivity index is 2.81. The van der Waals surface area contributed by atoms with Gasteiger partial charge in [-0.1, -0.05) is 18.5 Å². The van der Waals surface area contributed by atoms with Gasteiger partial charge in [-0.15, -0.1) is 0 Å². The zero-order valence-electron chi connectivity index (χ0n) is 11.3. The molecule has 5 heteroatoms. The first-order valence-corrected chi connectivity index (χ1v) is 6.58. The molecule has 0 heterocycles. The molecule has 1 atom stereocenters. The number of ketones is 1. The normalized spacial score (nSPS) is 11.8. The van der Waals surface area contributed by atoms with E-state index >= 15 is 0 Å². The van der Waals surface area contributed by atoms with Gasteiger partial charge in [-0.3, -0.25) is 9.59 Å². The Morgan fingerprint density at radius 1 is 1.42 bits per heavy atom. The first-order chi connectivity index (χ1) is 8.95. The Morgan fingerprint density at radius 2 is 2.11 bits per heavy atom. The molecule has 0 radical (unpaired) electrons. The van der Waals surface area contributed by atoms with Crippen molar-refractivity contribution >= 4 is 23.3 Å². The van der Waals surface area contributed by atoms with Gasteiger partial charge in [0.25, 0.3) is 5.91 Å². The van der Waals surface area contributed by atoms with Crippen LogP contribution in [0.2, 0.25) is 5.02 Å². The summed E-state index contributed by atoms with van der Waals surface area (Å²) in [4.78, 5) is 23.2. The lowest BCUT2D eigenvalue weighted by atomic mass is 10.1. The van der Waals surface area contributed by atoms with Crippen LogP contribution in [-0.4, -0.2) is 24.3 Å². The molecule has 104 valence electrons. The number of amides is 1. The summed E-state index contributed by atoms with van der Waals surface area (Å²) in [5.74, 6) is 0.0148. The van der Waals surface area contributed by atoms with Crippen LogP contribution in [0.1, 0.15) is 37.6 Å². The third-order valence-electron chi connectivity index (χ3n) is 2.54. The number of benzene rings is 1. The van der Waals surface area contributed by atoms with Crippen molar-refractivity contribution in [3.63, 3.8) is 0 Å². The fourth-order valence-corrected chi connectivity index (χ4v) is 1.69. The molecule has 19 heavy (non-hydrogen) atoms. The van der Waals surface area contributed by atoms with Gasteiger partial charge in [-0.2, -0.15) is 0 Å². The van der Waals surface area contributed by atoms with Gasteiger partial charge in [-0.25, -0.2) is 0 Å². The van der Waals surface area contributed by atoms with E-state index in [1.165, 1.54) is 13.0 Å². The molecule has 1 N–H and O–H groups in total. The second-order valence-corrected chi connectivity index (χ2v) is 4.68. The van der Waals surface area contributed by atoms with E-state index in [-0.39, 0.29) is 11.7 Å². The summed E-state index contributed by atoms with van der Waals surface area (Å²) in [6, 6.07) is 4.76. The van der Waals surface area contributed by atoms with Crippen molar-refractivity contribution in [1.29, 1.82) is 0 Å². The maximum absolute atomic E-state index is 11.7. The molecule has 0 bridgehead atoms. The number of hydrogen-bond acceptors (Lipinski definition) is 3. The fraction of sp³-hybridized carbons (Fsp3) is 0.429. The molecule has 0 fully saturated rings. The molecule has 0 aliphatic heterocycles. The van der Waals surface area contributed by atoms with E-state index in [2.05, 4.69) is 5.32 Å². The number of carbonyl (C=O) groups excluding carboxylic acids is 2. The molecule has 1 aromatic rings. The maximum atomic E-state index is 11.7. The molecule has 4 nitrogen and oxygen atoms in total. The Kier molecular flexibility index (Phi) is 5.83. The molecule has 1 rings (SSSR count). The molecule has 0 aromatic heterocycles. The van der Waals surface area contributed by atoms with Crippen molar-refractivity contribution < 1.29 is 14.3 Å². The number of hydrogen-bond donors (Lipinski definition) is 1. The van der Waals surface area contributed by atoms with Gasteiger partial charge in [0.2, 0.25) is 0 Å². The van der Waals surface area contributed by atoms with E-state index in [9.17, 15) is 9.59 Å². The third kappa shape index (κ3) is 4.56. The summed E-state index contributed by atoms with van der Waals surface area (Å²) in [5.41, 5.74) is 0.377. The molecular formula is C14H18ClNO3. The van der Waals surface area contributed by atoms with E-state index in [0.29, 0.717) is 22.9 Å². The van der Waals surface area contributed by atoms with Crippen molar-refractivity contribution in [2.45, 2.75) is 33.3 Å². The zero-order valence-corrected chi connectivity index (χ0v) is 12.1. The number of ether oxygens (including phenoxy) is 1. The monoisotopic (exact) mass is 283 g/mol. The first kappa shape index (κ1) is 15.5. The lowest BCUT2D eigenvalue weighted by Gasteiger charge is -2.16. The summed E-state index contributed by atoms with van der Waals surface area (Å²) in [7, 11) is 0. The molecule has 0 aliphatic rings. The van der Waals surface area contributed by atoms with E-state index in [1.54, 1.807) is 19.1 Å². The van der Waals surface area contributed by atoms with E-state index in [0.717, 1.165) is 6.42 Å². The minimum Gasteiger partial charge on any atom is -0.480 e. The van der Waals surface area contributed by atoms with Crippen LogP contribution in [0.25, 0.3) is 0 Å². The summed E-state index contributed by atoms with van der Waals surface area (Å²) in [5, 5.41) is 3.20. The van der Waals surface area contributed by atoms with E-state index in [4.69, 9.17) is 16.3 Å². The van der Waals surface area contributed by atoms with Crippen molar-refractivity contribution in [2.24, 2.45) is 0 Å². The Hall–Kier alpha value is -1.55. The maximum Gasteiger partial charge on any atom is 0.260 e. The predicted molar refractivity (Wildman–Crippen MR) is 74.8 cm³/mol. The Labute approximate surface area is 118 Å². The summed E-state index contributed by atoms with van der Waals surface area (Å²) < 4.78 is 5.53. The largest absolute Gasteiger partial charge is 0.480 e. The molecule has 1 aromatic carbocycles. The SMILES string of the molecule is CCCNC(=O)C(C)Oc1ccc(Cl)cc1C(C)=O. The summed E-state index contributed by atoms with van der Waals surface area (Å²) >= 11 is 5.84. The quantitative estimate of drug-likeness (QED) is 0.817. The number of Topliss-reactive ketones (excluding diaryl/α,β-unsaturated/α-hetero) is 1. The summed E-state index contributed by atoms with van der Waals surface area (Å²) in [6.07, 6.45) is 0.198. The van der Waals surface area contributed by atoms with Gasteiger partial charge < -0.3 is 10.1 Å². The zero-order chi connectivity index (χ0) is 14.4. The van der Waals surface area contributed by atoms with Gasteiger partial charge in [0.05, 0.1) is 5.56 Å². The minimum absolute atomic E-state index is 0.154. The van der Waals surface area contributed by atoms with Crippen molar-refractivity contribution in [3.05, 3.63) is 28.8 Å². The van der Waals surface area contributed by atoms with E-state index < -0.39 is 6.10 Å². The fourth-order valence-electron chi connectivity index (χ4n) is 1.52. The second kappa shape index (κ2) is 7.14. The third-order valence-corrected chi connectivity index (χ3v) is 2.78. The minimum atomic E-state index is -0.661. The molecule has 1 unspecified atom stereocenters. The van der Waals surface area contributed by atoms with Crippen LogP contribution in [0, 0.1) is 0 Å². The highest BCUT2D eigenvalue weighted by atomic mass is 35.5. The molecule has 0 aliphatic carbocycles. The number of nitrogens with one attached hydrogen (secondary N) is 1. The highest BCUT2D eigenvalue weighted by Gasteiger charge is 2.17. The van der Waals surface area contributed by atoms with Gasteiger partial charge in [0.1, 0.15) is 5.75 Å². The first-order valence-electron chi connectivity index (χ1n) is 6.20. The van der Waals surface area contributed by atoms with Crippen LogP contribution >= 0.6 is 11.6 Å². The standard InChI is InChI=1S/C14H18ClNO3/c1-4-7-16-14(18)10(3)19-13-6-5-11(15)8-12(13)9(2)17/h5-6,8,10H,4,7H2,1-3H3,(H,16,18). The lowest BCUT2D eigenvalue weighted by Crippen LogP contribution is -2.36. The van der Waals surface area contributed by atoms with Gasteiger partial charge in [-0.05, 0) is 38.5 Å². The van der Waals surface area contributed by atoms with Crippen LogP contribution < -0.4 is 10.1 Å². The molecule has 0 saturated carbocycles. The van der Waals surface area contributed by atoms with Crippen molar-refractivity contribution in [3.8, 4) is 5.75 Å². The molecular weight excluding hydrogens is 266 g/mol. The average Bonchev–Trinajstić information content (AvgIpc) is 2.37. The Morgan fingerprint density at radius 3 is 2.68 bits per heavy atom. The van der Waals surface area contributed by atoms with Crippen molar-refractivity contribution in [1.82, 2.24) is 5.32 Å². The summed E-state index contributed by atoms with van der Waals surface area (Å²) in [6.45, 7) is 5.65. The van der Waals surface area contributed by atoms with Crippen LogP contribution in [0.3, 0.4) is 0 Å². The van der Waals surface area contributed by atoms with Gasteiger partial charge in [0, 0.05) is 11.6 Å². The van der Waals surface area contributed by atoms with Crippen LogP contribution in [0.5, 0.6) is 5.75 Å². The van der Waals surface area contributed by atoms with Gasteiger partial charge in [0.15, 0.2) is 11.9 Å². The van der Waals surface area contributed by atoms with Crippen LogP contribution in [-0.2, 0) is 4.79 Å². The average molecular weight is 284 g/mol. The highest BCUT2D eigenvalue weighted by Crippen LogP contribution is 2.24. The number of halogens is 1. The topological polar surface area (TPSA) is 55.4 Å². The number of rotatable bonds is 6.